The number of aromatic nitrogens is 1. The van der Waals surface area contributed by atoms with Gasteiger partial charge in [-0.15, -0.1) is 0 Å². The molecule has 1 aromatic heterocycles. The third-order valence-corrected chi connectivity index (χ3v) is 2.10. The molecule has 1 aliphatic rings. The Bertz CT molecular complexity index is 410. The number of ether oxygens (including phenoxy) is 2. The van der Waals surface area contributed by atoms with E-state index in [1.165, 1.54) is 6.20 Å². The van der Waals surface area contributed by atoms with E-state index in [4.69, 9.17) is 14.6 Å². The summed E-state index contributed by atoms with van der Waals surface area (Å²) < 4.78 is 10.4. The molecule has 0 amide bonds. The van der Waals surface area contributed by atoms with Crippen molar-refractivity contribution in [3.63, 3.8) is 0 Å². The van der Waals surface area contributed by atoms with E-state index in [9.17, 15) is 4.79 Å². The van der Waals surface area contributed by atoms with Gasteiger partial charge in [-0.25, -0.2) is 4.79 Å². The van der Waals surface area contributed by atoms with Crippen LogP contribution in [0.2, 0.25) is 0 Å². The minimum Gasteiger partial charge on any atom is -0.478 e. The Morgan fingerprint density at radius 2 is 2.19 bits per heavy atom. The third-order valence-electron chi connectivity index (χ3n) is 2.10. The number of rotatable bonds is 3. The van der Waals surface area contributed by atoms with Crippen LogP contribution in [0.25, 0.3) is 6.08 Å². The first-order chi connectivity index (χ1) is 7.75. The van der Waals surface area contributed by atoms with Crippen LogP contribution in [0.1, 0.15) is 15.9 Å². The summed E-state index contributed by atoms with van der Waals surface area (Å²) in [5.41, 5.74) is 0.870. The zero-order valence-electron chi connectivity index (χ0n) is 8.50. The molecule has 1 aromatic rings. The van der Waals surface area contributed by atoms with Crippen molar-refractivity contribution in [2.24, 2.45) is 0 Å². The number of hydrogen-bond donors (Lipinski definition) is 1. The molecule has 5 nitrogen and oxygen atoms in total. The summed E-state index contributed by atoms with van der Waals surface area (Å²) in [6, 6.07) is 1.54. The van der Waals surface area contributed by atoms with Crippen LogP contribution in [0.5, 0.6) is 0 Å². The predicted molar refractivity (Wildman–Crippen MR) is 55.9 cm³/mol. The molecule has 1 fully saturated rings. The number of nitrogens with zero attached hydrogens (tertiary/aromatic N) is 1. The van der Waals surface area contributed by atoms with Gasteiger partial charge in [-0.1, -0.05) is 6.08 Å². The van der Waals surface area contributed by atoms with Crippen LogP contribution >= 0.6 is 0 Å². The number of pyridine rings is 1. The largest absolute Gasteiger partial charge is 0.478 e. The lowest BCUT2D eigenvalue weighted by Crippen LogP contribution is -2.02. The van der Waals surface area contributed by atoms with Gasteiger partial charge in [0.2, 0.25) is 0 Å². The fourth-order valence-corrected chi connectivity index (χ4v) is 1.34. The second kappa shape index (κ2) is 4.87. The van der Waals surface area contributed by atoms with Crippen molar-refractivity contribution in [1.29, 1.82) is 0 Å². The topological polar surface area (TPSA) is 68.7 Å². The molecule has 0 radical (unpaired) electrons. The SMILES string of the molecule is O=C(O)c1cncc(C=CC2OCCO2)c1. The van der Waals surface area contributed by atoms with Crippen molar-refractivity contribution in [3.05, 3.63) is 35.7 Å². The van der Waals surface area contributed by atoms with Crippen LogP contribution in [-0.2, 0) is 9.47 Å². The first kappa shape index (κ1) is 10.8. The van der Waals surface area contributed by atoms with E-state index in [2.05, 4.69) is 4.98 Å². The van der Waals surface area contributed by atoms with Crippen LogP contribution in [-0.4, -0.2) is 35.6 Å². The van der Waals surface area contributed by atoms with Crippen LogP contribution in [0.4, 0.5) is 0 Å². The first-order valence-electron chi connectivity index (χ1n) is 4.85. The molecule has 2 rings (SSSR count). The van der Waals surface area contributed by atoms with E-state index in [-0.39, 0.29) is 11.9 Å². The van der Waals surface area contributed by atoms with Crippen LogP contribution < -0.4 is 0 Å². The number of hydrogen-bond acceptors (Lipinski definition) is 4. The molecule has 0 bridgehead atoms. The molecule has 0 spiro atoms. The highest BCUT2D eigenvalue weighted by Gasteiger charge is 2.11. The van der Waals surface area contributed by atoms with Crippen molar-refractivity contribution in [1.82, 2.24) is 4.98 Å². The Kier molecular flexibility index (Phi) is 3.28. The van der Waals surface area contributed by atoms with Gasteiger partial charge >= 0.3 is 5.97 Å². The second-order valence-electron chi connectivity index (χ2n) is 3.28. The molecule has 0 aliphatic carbocycles. The molecule has 1 aliphatic heterocycles. The summed E-state index contributed by atoms with van der Waals surface area (Å²) in [6.07, 6.45) is 6.01. The van der Waals surface area contributed by atoms with Crippen molar-refractivity contribution >= 4 is 12.0 Å². The van der Waals surface area contributed by atoms with Gasteiger partial charge in [0, 0.05) is 12.4 Å². The predicted octanol–water partition coefficient (Wildman–Crippen LogP) is 1.17. The Balaban J connectivity index is 2.08. The summed E-state index contributed by atoms with van der Waals surface area (Å²) in [7, 11) is 0. The van der Waals surface area contributed by atoms with Gasteiger partial charge in [-0.2, -0.15) is 0 Å². The molecular weight excluding hydrogens is 210 g/mol. The Morgan fingerprint density at radius 1 is 1.44 bits per heavy atom. The fourth-order valence-electron chi connectivity index (χ4n) is 1.34. The van der Waals surface area contributed by atoms with Crippen molar-refractivity contribution < 1.29 is 19.4 Å². The van der Waals surface area contributed by atoms with Gasteiger partial charge in [0.25, 0.3) is 0 Å². The Morgan fingerprint density at radius 3 is 2.88 bits per heavy atom. The van der Waals surface area contributed by atoms with Crippen molar-refractivity contribution in [2.45, 2.75) is 6.29 Å². The standard InChI is InChI=1S/C11H11NO4/c13-11(14)9-5-8(6-12-7-9)1-2-10-15-3-4-16-10/h1-2,5-7,10H,3-4H2,(H,13,14). The smallest absolute Gasteiger partial charge is 0.337 e. The van der Waals surface area contributed by atoms with Gasteiger partial charge in [-0.05, 0) is 17.7 Å². The Labute approximate surface area is 92.3 Å². The number of carboxylic acid groups (broad SMARTS) is 1. The van der Waals surface area contributed by atoms with Crippen LogP contribution in [0, 0.1) is 0 Å². The lowest BCUT2D eigenvalue weighted by molar-refractivity contribution is -0.000910. The third kappa shape index (κ3) is 2.65. The molecule has 2 heterocycles. The molecule has 0 unspecified atom stereocenters. The van der Waals surface area contributed by atoms with E-state index in [1.807, 2.05) is 0 Å². The Hall–Kier alpha value is -1.72. The summed E-state index contributed by atoms with van der Waals surface area (Å²) in [5, 5.41) is 8.78. The maximum atomic E-state index is 10.7. The lowest BCUT2D eigenvalue weighted by Gasteiger charge is -2.01. The molecule has 1 saturated heterocycles. The average Bonchev–Trinajstić information content (AvgIpc) is 2.79. The quantitative estimate of drug-likeness (QED) is 0.829. The summed E-state index contributed by atoms with van der Waals surface area (Å²) >= 11 is 0. The lowest BCUT2D eigenvalue weighted by atomic mass is 10.2. The molecule has 0 saturated carbocycles. The van der Waals surface area contributed by atoms with Crippen molar-refractivity contribution in [3.8, 4) is 0 Å². The van der Waals surface area contributed by atoms with E-state index < -0.39 is 5.97 Å². The number of carbonyl (C=O) groups is 1. The molecular formula is C11H11NO4. The van der Waals surface area contributed by atoms with E-state index in [1.54, 1.807) is 24.4 Å². The highest BCUT2D eigenvalue weighted by molar-refractivity contribution is 5.87. The minimum absolute atomic E-state index is 0.162. The summed E-state index contributed by atoms with van der Waals surface area (Å²) in [5.74, 6) is -0.990. The van der Waals surface area contributed by atoms with Gasteiger partial charge < -0.3 is 14.6 Å². The summed E-state index contributed by atoms with van der Waals surface area (Å²) in [4.78, 5) is 14.5. The fraction of sp³-hybridized carbons (Fsp3) is 0.273. The van der Waals surface area contributed by atoms with Gasteiger partial charge in [0.1, 0.15) is 0 Å². The molecule has 5 heteroatoms. The zero-order valence-corrected chi connectivity index (χ0v) is 8.50. The maximum absolute atomic E-state index is 10.7. The normalized spacial score (nSPS) is 17.0. The van der Waals surface area contributed by atoms with Gasteiger partial charge in [0.15, 0.2) is 6.29 Å². The van der Waals surface area contributed by atoms with Crippen LogP contribution in [0.3, 0.4) is 0 Å². The minimum atomic E-state index is -0.990. The van der Waals surface area contributed by atoms with Crippen molar-refractivity contribution in [2.75, 3.05) is 13.2 Å². The van der Waals surface area contributed by atoms with Gasteiger partial charge in [0.05, 0.1) is 18.8 Å². The highest BCUT2D eigenvalue weighted by Crippen LogP contribution is 2.09. The molecule has 0 aromatic carbocycles. The molecule has 0 atom stereocenters. The van der Waals surface area contributed by atoms with Crippen LogP contribution in [0.15, 0.2) is 24.5 Å². The molecule has 1 N–H and O–H groups in total. The van der Waals surface area contributed by atoms with E-state index >= 15 is 0 Å². The highest BCUT2D eigenvalue weighted by atomic mass is 16.7. The number of carboxylic acids is 1. The second-order valence-corrected chi connectivity index (χ2v) is 3.28. The number of aromatic carboxylic acids is 1. The summed E-state index contributed by atoms with van der Waals surface area (Å²) in [6.45, 7) is 1.17. The first-order valence-corrected chi connectivity index (χ1v) is 4.85. The maximum Gasteiger partial charge on any atom is 0.337 e. The average molecular weight is 221 g/mol. The zero-order chi connectivity index (χ0) is 11.4. The van der Waals surface area contributed by atoms with E-state index in [0.717, 1.165) is 0 Å². The van der Waals surface area contributed by atoms with Gasteiger partial charge in [-0.3, -0.25) is 4.98 Å². The molecule has 16 heavy (non-hydrogen) atoms. The monoisotopic (exact) mass is 221 g/mol. The van der Waals surface area contributed by atoms with E-state index in [0.29, 0.717) is 18.8 Å². The molecule has 84 valence electrons.